The van der Waals surface area contributed by atoms with E-state index in [9.17, 15) is 9.59 Å². The van der Waals surface area contributed by atoms with Crippen LogP contribution in [-0.2, 0) is 16.0 Å². The molecule has 1 saturated heterocycles. The highest BCUT2D eigenvalue weighted by molar-refractivity contribution is 6.31. The summed E-state index contributed by atoms with van der Waals surface area (Å²) in [6.07, 6.45) is 4.79. The molecule has 156 valence electrons. The zero-order valence-corrected chi connectivity index (χ0v) is 17.5. The minimum absolute atomic E-state index is 0.0216. The molecule has 3 rings (SSSR count). The molecule has 30 heavy (non-hydrogen) atoms. The van der Waals surface area contributed by atoms with Crippen LogP contribution >= 0.6 is 0 Å². The number of ether oxygens (including phenoxy) is 2. The third kappa shape index (κ3) is 4.38. The van der Waals surface area contributed by atoms with E-state index in [1.54, 1.807) is 49.6 Å². The summed E-state index contributed by atoms with van der Waals surface area (Å²) in [5.41, 5.74) is 4.82. The largest absolute Gasteiger partial charge is 0.493 e. The lowest BCUT2D eigenvalue weighted by Crippen LogP contribution is -2.35. The van der Waals surface area contributed by atoms with Crippen molar-refractivity contribution in [3.63, 3.8) is 0 Å². The number of methoxy groups -OCH3 is 1. The Kier molecular flexibility index (Phi) is 6.57. The lowest BCUT2D eigenvalue weighted by atomic mass is 10.0. The lowest BCUT2D eigenvalue weighted by molar-refractivity contribution is -0.117. The first-order valence-electron chi connectivity index (χ1n) is 9.89. The molecule has 1 atom stereocenters. The molecule has 2 aromatic carbocycles. The molecule has 6 nitrogen and oxygen atoms in total. The summed E-state index contributed by atoms with van der Waals surface area (Å²) >= 11 is 0. The van der Waals surface area contributed by atoms with Crippen molar-refractivity contribution in [2.75, 3.05) is 12.1 Å². The second kappa shape index (κ2) is 9.31. The minimum atomic E-state index is -0.451. The second-order valence-corrected chi connectivity index (χ2v) is 7.02. The fourth-order valence-corrected chi connectivity index (χ4v) is 3.13. The standard InChI is InChI=1S/C24H26N2O4/c1-5-10-18-13-17(15-21(29-4)22(18)30-16(3)6-2)14-20-23(27)25-26(24(20)28)19-11-8-7-9-12-19/h5,7-9,11-16H,1,6,10H2,2-4H3,(H,25,27)/b20-14-/t16-/m0/s1. The Morgan fingerprint density at radius 2 is 1.93 bits per heavy atom. The Labute approximate surface area is 176 Å². The van der Waals surface area contributed by atoms with Crippen LogP contribution in [-0.4, -0.2) is 25.0 Å². The second-order valence-electron chi connectivity index (χ2n) is 7.02. The highest BCUT2D eigenvalue weighted by Crippen LogP contribution is 2.35. The van der Waals surface area contributed by atoms with Crippen molar-refractivity contribution in [2.45, 2.75) is 32.8 Å². The van der Waals surface area contributed by atoms with Gasteiger partial charge in [0.25, 0.3) is 11.8 Å². The number of amides is 2. The Morgan fingerprint density at radius 3 is 2.57 bits per heavy atom. The summed E-state index contributed by atoms with van der Waals surface area (Å²) in [7, 11) is 1.57. The third-order valence-corrected chi connectivity index (χ3v) is 4.85. The Balaban J connectivity index is 2.00. The molecule has 1 heterocycles. The lowest BCUT2D eigenvalue weighted by Gasteiger charge is -2.19. The molecule has 0 saturated carbocycles. The summed E-state index contributed by atoms with van der Waals surface area (Å²) in [5.74, 6) is 0.345. The number of anilines is 1. The number of rotatable bonds is 8. The SMILES string of the molecule is C=CCc1cc(/C=C2/C(=O)NN(c3ccccc3)C2=O)cc(OC)c1O[C@@H](C)CC. The summed E-state index contributed by atoms with van der Waals surface area (Å²) in [6.45, 7) is 7.86. The maximum Gasteiger partial charge on any atom is 0.282 e. The minimum Gasteiger partial charge on any atom is -0.493 e. The van der Waals surface area contributed by atoms with Crippen molar-refractivity contribution < 1.29 is 19.1 Å². The van der Waals surface area contributed by atoms with Gasteiger partial charge in [-0.25, -0.2) is 5.01 Å². The van der Waals surface area contributed by atoms with Crippen LogP contribution in [0, 0.1) is 0 Å². The molecular formula is C24H26N2O4. The smallest absolute Gasteiger partial charge is 0.282 e. The van der Waals surface area contributed by atoms with E-state index in [2.05, 4.69) is 12.0 Å². The maximum atomic E-state index is 12.8. The van der Waals surface area contributed by atoms with Crippen LogP contribution in [0.1, 0.15) is 31.4 Å². The van der Waals surface area contributed by atoms with E-state index in [-0.39, 0.29) is 11.7 Å². The van der Waals surface area contributed by atoms with Gasteiger partial charge in [-0.2, -0.15) is 0 Å². The van der Waals surface area contributed by atoms with Gasteiger partial charge in [0.15, 0.2) is 11.5 Å². The van der Waals surface area contributed by atoms with Crippen LogP contribution in [0.15, 0.2) is 60.7 Å². The first-order chi connectivity index (χ1) is 14.5. The number of allylic oxidation sites excluding steroid dienone is 1. The summed E-state index contributed by atoms with van der Waals surface area (Å²) in [6, 6.07) is 12.6. The number of hydrazine groups is 1. The van der Waals surface area contributed by atoms with Crippen LogP contribution in [0.3, 0.4) is 0 Å². The highest BCUT2D eigenvalue weighted by atomic mass is 16.5. The number of carbonyl (C=O) groups excluding carboxylic acids is 2. The van der Waals surface area contributed by atoms with Gasteiger partial charge in [0.05, 0.1) is 18.9 Å². The average Bonchev–Trinajstić information content (AvgIpc) is 3.04. The van der Waals surface area contributed by atoms with Gasteiger partial charge < -0.3 is 9.47 Å². The van der Waals surface area contributed by atoms with Gasteiger partial charge in [0, 0.05) is 5.56 Å². The van der Waals surface area contributed by atoms with Gasteiger partial charge in [-0.1, -0.05) is 31.2 Å². The molecule has 0 aromatic heterocycles. The number of carbonyl (C=O) groups is 2. The van der Waals surface area contributed by atoms with Gasteiger partial charge in [-0.05, 0) is 55.7 Å². The number of para-hydroxylation sites is 1. The third-order valence-electron chi connectivity index (χ3n) is 4.85. The molecule has 1 fully saturated rings. The molecule has 0 radical (unpaired) electrons. The van der Waals surface area contributed by atoms with Gasteiger partial charge in [-0.15, -0.1) is 6.58 Å². The first kappa shape index (κ1) is 21.2. The van der Waals surface area contributed by atoms with Gasteiger partial charge >= 0.3 is 0 Å². The van der Waals surface area contributed by atoms with Crippen molar-refractivity contribution in [1.29, 1.82) is 0 Å². The predicted octanol–water partition coefficient (Wildman–Crippen LogP) is 4.06. The van der Waals surface area contributed by atoms with Gasteiger partial charge in [0.1, 0.15) is 5.57 Å². The highest BCUT2D eigenvalue weighted by Gasteiger charge is 2.34. The maximum absolute atomic E-state index is 12.8. The topological polar surface area (TPSA) is 67.9 Å². The molecule has 0 aliphatic carbocycles. The molecule has 2 aromatic rings. The molecule has 1 N–H and O–H groups in total. The number of nitrogens with zero attached hydrogens (tertiary/aromatic N) is 1. The van der Waals surface area contributed by atoms with E-state index >= 15 is 0 Å². The molecule has 2 amide bonds. The van der Waals surface area contributed by atoms with E-state index in [0.717, 1.165) is 12.0 Å². The molecular weight excluding hydrogens is 380 g/mol. The quantitative estimate of drug-likeness (QED) is 0.408. The van der Waals surface area contributed by atoms with Crippen molar-refractivity contribution in [3.05, 3.63) is 71.8 Å². The Hall–Kier alpha value is -3.54. The van der Waals surface area contributed by atoms with Crippen molar-refractivity contribution in [3.8, 4) is 11.5 Å². The van der Waals surface area contributed by atoms with Gasteiger partial charge in [0.2, 0.25) is 0 Å². The average molecular weight is 406 g/mol. The molecule has 0 unspecified atom stereocenters. The summed E-state index contributed by atoms with van der Waals surface area (Å²) in [4.78, 5) is 25.3. The normalized spacial score (nSPS) is 15.8. The van der Waals surface area contributed by atoms with Crippen LogP contribution in [0.25, 0.3) is 6.08 Å². The predicted molar refractivity (Wildman–Crippen MR) is 117 cm³/mol. The molecule has 1 aliphatic rings. The van der Waals surface area contributed by atoms with E-state index in [0.29, 0.717) is 29.2 Å². The number of nitrogens with one attached hydrogen (secondary N) is 1. The molecule has 1 aliphatic heterocycles. The number of benzene rings is 2. The number of hydrogen-bond donors (Lipinski definition) is 1. The Morgan fingerprint density at radius 1 is 1.20 bits per heavy atom. The zero-order chi connectivity index (χ0) is 21.7. The van der Waals surface area contributed by atoms with Crippen LogP contribution in [0.5, 0.6) is 11.5 Å². The fraction of sp³-hybridized carbons (Fsp3) is 0.250. The summed E-state index contributed by atoms with van der Waals surface area (Å²) < 4.78 is 11.6. The molecule has 0 spiro atoms. The van der Waals surface area contributed by atoms with Gasteiger partial charge in [-0.3, -0.25) is 15.0 Å². The van der Waals surface area contributed by atoms with Crippen LogP contribution < -0.4 is 19.9 Å². The van der Waals surface area contributed by atoms with E-state index < -0.39 is 11.8 Å². The van der Waals surface area contributed by atoms with Crippen LogP contribution in [0.4, 0.5) is 5.69 Å². The number of hydrogen-bond acceptors (Lipinski definition) is 4. The Bertz CT molecular complexity index is 982. The van der Waals surface area contributed by atoms with Crippen molar-refractivity contribution in [1.82, 2.24) is 5.43 Å². The fourth-order valence-electron chi connectivity index (χ4n) is 3.13. The van der Waals surface area contributed by atoms with Crippen molar-refractivity contribution in [2.24, 2.45) is 0 Å². The first-order valence-corrected chi connectivity index (χ1v) is 9.89. The summed E-state index contributed by atoms with van der Waals surface area (Å²) in [5, 5.41) is 1.25. The van der Waals surface area contributed by atoms with E-state index in [4.69, 9.17) is 9.47 Å². The monoisotopic (exact) mass is 406 g/mol. The van der Waals surface area contributed by atoms with Crippen molar-refractivity contribution >= 4 is 23.6 Å². The van der Waals surface area contributed by atoms with E-state index in [1.807, 2.05) is 26.0 Å². The molecule has 0 bridgehead atoms. The van der Waals surface area contributed by atoms with Crippen LogP contribution in [0.2, 0.25) is 0 Å². The zero-order valence-electron chi connectivity index (χ0n) is 17.5. The van der Waals surface area contributed by atoms with E-state index in [1.165, 1.54) is 5.01 Å². The molecule has 6 heteroatoms.